The highest BCUT2D eigenvalue weighted by Gasteiger charge is 2.45. The van der Waals surface area contributed by atoms with Crippen LogP contribution in [-0.2, 0) is 9.53 Å². The third-order valence-corrected chi connectivity index (χ3v) is 4.24. The van der Waals surface area contributed by atoms with Crippen molar-refractivity contribution in [3.63, 3.8) is 0 Å². The van der Waals surface area contributed by atoms with Gasteiger partial charge in [-0.1, -0.05) is 0 Å². The average Bonchev–Trinajstić information content (AvgIpc) is 3.06. The Morgan fingerprint density at radius 2 is 2.05 bits per heavy atom. The van der Waals surface area contributed by atoms with Crippen LogP contribution in [0.3, 0.4) is 0 Å². The van der Waals surface area contributed by atoms with E-state index in [1.807, 2.05) is 0 Å². The van der Waals surface area contributed by atoms with Crippen LogP contribution in [0.1, 0.15) is 15.2 Å². The van der Waals surface area contributed by atoms with Gasteiger partial charge in [-0.15, -0.1) is 11.3 Å². The highest BCUT2D eigenvalue weighted by Crippen LogP contribution is 2.36. The molecule has 1 aromatic heterocycles. The summed E-state index contributed by atoms with van der Waals surface area (Å²) in [5, 5.41) is 10.1. The van der Waals surface area contributed by atoms with Gasteiger partial charge in [-0.05, 0) is 37.3 Å². The van der Waals surface area contributed by atoms with Crippen molar-refractivity contribution in [3.8, 4) is 5.75 Å². The number of aryl methyl sites for hydroxylation is 1. The minimum absolute atomic E-state index is 0.135. The molecule has 1 heterocycles. The maximum absolute atomic E-state index is 12.3. The van der Waals surface area contributed by atoms with Crippen molar-refractivity contribution >= 4 is 33.3 Å². The lowest BCUT2D eigenvalue weighted by molar-refractivity contribution is -0.127. The lowest BCUT2D eigenvalue weighted by Crippen LogP contribution is -2.36. The monoisotopic (exact) mass is 289 g/mol. The van der Waals surface area contributed by atoms with Crippen LogP contribution in [0.15, 0.2) is 30.4 Å². The van der Waals surface area contributed by atoms with Gasteiger partial charge in [0.2, 0.25) is 5.60 Å². The Kier molecular flexibility index (Phi) is 2.58. The number of fused-ring (bicyclic) bond motifs is 1. The normalized spacial score (nSPS) is 15.2. The molecule has 0 fully saturated rings. The van der Waals surface area contributed by atoms with Crippen LogP contribution in [0.2, 0.25) is 0 Å². The van der Waals surface area contributed by atoms with Crippen molar-refractivity contribution in [2.75, 3.05) is 0 Å². The van der Waals surface area contributed by atoms with E-state index in [2.05, 4.69) is 0 Å². The second-order valence-electron chi connectivity index (χ2n) is 4.59. The molecule has 0 spiro atoms. The zero-order valence-electron chi connectivity index (χ0n) is 10.5. The number of esters is 1. The molecule has 0 atom stereocenters. The van der Waals surface area contributed by atoms with Gasteiger partial charge in [-0.3, -0.25) is 4.79 Å². The van der Waals surface area contributed by atoms with Gasteiger partial charge < -0.3 is 15.6 Å². The van der Waals surface area contributed by atoms with Crippen LogP contribution in [0.4, 0.5) is 0 Å². The number of benzene rings is 1. The maximum atomic E-state index is 12.3. The lowest BCUT2D eigenvalue weighted by Gasteiger charge is -2.13. The van der Waals surface area contributed by atoms with Crippen LogP contribution in [0, 0.1) is 6.92 Å². The fourth-order valence-corrected chi connectivity index (χ4v) is 3.11. The number of carbonyl (C=O) groups is 2. The lowest BCUT2D eigenvalue weighted by atomic mass is 10.1. The van der Waals surface area contributed by atoms with E-state index in [0.29, 0.717) is 10.9 Å². The predicted molar refractivity (Wildman–Crippen MR) is 74.7 cm³/mol. The summed E-state index contributed by atoms with van der Waals surface area (Å²) in [4.78, 5) is 24.3. The summed E-state index contributed by atoms with van der Waals surface area (Å²) < 4.78 is 5.98. The molecule has 3 N–H and O–H groups in total. The van der Waals surface area contributed by atoms with Crippen molar-refractivity contribution in [1.82, 2.24) is 0 Å². The molecule has 1 amide bonds. The molecule has 1 aliphatic rings. The van der Waals surface area contributed by atoms with Crippen LogP contribution in [0.25, 0.3) is 10.1 Å². The largest absolute Gasteiger partial charge is 0.508 e. The number of aromatic hydroxyl groups is 1. The number of hydrogen-bond donors (Lipinski definition) is 2. The number of phenols is 1. The van der Waals surface area contributed by atoms with Crippen LogP contribution < -0.4 is 5.73 Å². The summed E-state index contributed by atoms with van der Waals surface area (Å²) >= 11 is 1.38. The third-order valence-electron chi connectivity index (χ3n) is 3.17. The highest BCUT2D eigenvalue weighted by atomic mass is 32.1. The minimum Gasteiger partial charge on any atom is -0.508 e. The first-order valence-corrected chi connectivity index (χ1v) is 6.70. The summed E-state index contributed by atoms with van der Waals surface area (Å²) in [6, 6.07) is 4.75. The van der Waals surface area contributed by atoms with Gasteiger partial charge in [0.1, 0.15) is 5.75 Å². The van der Waals surface area contributed by atoms with Crippen molar-refractivity contribution in [2.24, 2.45) is 5.73 Å². The van der Waals surface area contributed by atoms with Crippen molar-refractivity contribution in [1.29, 1.82) is 0 Å². The van der Waals surface area contributed by atoms with E-state index in [-0.39, 0.29) is 5.75 Å². The van der Waals surface area contributed by atoms with Crippen LogP contribution in [-0.4, -0.2) is 22.6 Å². The number of nitrogens with two attached hydrogens (primary N) is 1. The van der Waals surface area contributed by atoms with E-state index in [1.165, 1.54) is 29.6 Å². The Hall–Kier alpha value is -2.34. The first-order valence-electron chi connectivity index (χ1n) is 5.89. The van der Waals surface area contributed by atoms with Gasteiger partial charge in [0.05, 0.1) is 5.56 Å². The molecule has 0 aliphatic heterocycles. The highest BCUT2D eigenvalue weighted by molar-refractivity contribution is 7.19. The van der Waals surface area contributed by atoms with Gasteiger partial charge >= 0.3 is 5.97 Å². The Bertz CT molecular complexity index is 769. The molecule has 102 valence electrons. The predicted octanol–water partition coefficient (Wildman–Crippen LogP) is 1.87. The number of ether oxygens (including phenoxy) is 1. The number of amides is 1. The Labute approximate surface area is 118 Å². The first-order chi connectivity index (χ1) is 9.43. The quantitative estimate of drug-likeness (QED) is 0.666. The van der Waals surface area contributed by atoms with Crippen molar-refractivity contribution in [2.45, 2.75) is 12.5 Å². The number of phenolic OH excluding ortho intramolecular Hbond substituents is 1. The molecule has 1 aromatic carbocycles. The van der Waals surface area contributed by atoms with Gasteiger partial charge in [0, 0.05) is 15.0 Å². The van der Waals surface area contributed by atoms with E-state index in [9.17, 15) is 14.7 Å². The molecule has 2 aromatic rings. The second kappa shape index (κ2) is 4.08. The molecular formula is C14H11NO4S. The van der Waals surface area contributed by atoms with Gasteiger partial charge in [0.15, 0.2) is 0 Å². The molecule has 0 saturated heterocycles. The molecular weight excluding hydrogens is 278 g/mol. The topological polar surface area (TPSA) is 89.6 Å². The molecule has 6 heteroatoms. The molecule has 0 unspecified atom stereocenters. The number of carbonyl (C=O) groups excluding carboxylic acids is 2. The Balaban J connectivity index is 2.00. The van der Waals surface area contributed by atoms with E-state index < -0.39 is 17.5 Å². The van der Waals surface area contributed by atoms with E-state index in [1.54, 1.807) is 19.1 Å². The standard InChI is InChI=1S/C14H11NO4S/c1-7-11(9-3-2-8(16)6-10(9)20-7)12(17)19-14(4-5-14)13(15)18/h2-6,16H,1H3,(H2,15,18). The molecule has 0 bridgehead atoms. The van der Waals surface area contributed by atoms with Gasteiger partial charge in [-0.2, -0.15) is 0 Å². The Morgan fingerprint density at radius 1 is 1.35 bits per heavy atom. The minimum atomic E-state index is -1.37. The first kappa shape index (κ1) is 12.7. The number of primary amides is 1. The SMILES string of the molecule is Cc1sc2cc(O)ccc2c1C(=O)OC1(C(N)=O)C=C1. The third kappa shape index (κ3) is 1.85. The second-order valence-corrected chi connectivity index (χ2v) is 5.85. The van der Waals surface area contributed by atoms with Gasteiger partial charge in [0.25, 0.3) is 5.91 Å². The van der Waals surface area contributed by atoms with E-state index in [4.69, 9.17) is 10.5 Å². The molecule has 0 radical (unpaired) electrons. The molecule has 3 rings (SSSR count). The molecule has 0 saturated carbocycles. The zero-order valence-corrected chi connectivity index (χ0v) is 11.4. The number of hydrogen-bond acceptors (Lipinski definition) is 5. The van der Waals surface area contributed by atoms with Crippen molar-refractivity contribution in [3.05, 3.63) is 40.8 Å². The Morgan fingerprint density at radius 3 is 2.65 bits per heavy atom. The summed E-state index contributed by atoms with van der Waals surface area (Å²) in [5.41, 5.74) is 4.23. The summed E-state index contributed by atoms with van der Waals surface area (Å²) in [5.74, 6) is -1.17. The number of thiophene rings is 1. The molecule has 5 nitrogen and oxygen atoms in total. The maximum Gasteiger partial charge on any atom is 0.341 e. The average molecular weight is 289 g/mol. The fourth-order valence-electron chi connectivity index (χ4n) is 2.02. The number of rotatable bonds is 3. The summed E-state index contributed by atoms with van der Waals surface area (Å²) in [7, 11) is 0. The van der Waals surface area contributed by atoms with E-state index in [0.717, 1.165) is 9.58 Å². The van der Waals surface area contributed by atoms with Gasteiger partial charge in [-0.25, -0.2) is 4.79 Å². The van der Waals surface area contributed by atoms with Crippen LogP contribution >= 0.6 is 11.3 Å². The smallest absolute Gasteiger partial charge is 0.341 e. The molecule has 20 heavy (non-hydrogen) atoms. The zero-order chi connectivity index (χ0) is 14.5. The van der Waals surface area contributed by atoms with Crippen LogP contribution in [0.5, 0.6) is 5.75 Å². The summed E-state index contributed by atoms with van der Waals surface area (Å²) in [6.07, 6.45) is 2.89. The fraction of sp³-hybridized carbons (Fsp3) is 0.143. The molecule has 1 aliphatic carbocycles. The van der Waals surface area contributed by atoms with Crippen molar-refractivity contribution < 1.29 is 19.4 Å². The summed E-state index contributed by atoms with van der Waals surface area (Å²) in [6.45, 7) is 1.79. The van der Waals surface area contributed by atoms with E-state index >= 15 is 0 Å².